The lowest BCUT2D eigenvalue weighted by atomic mass is 10.1. The van der Waals surface area contributed by atoms with Crippen LogP contribution >= 0.6 is 38.9 Å². The Morgan fingerprint density at radius 1 is 1.24 bits per heavy atom. The van der Waals surface area contributed by atoms with Gasteiger partial charge in [0.2, 0.25) is 0 Å². The fourth-order valence-electron chi connectivity index (χ4n) is 1.72. The van der Waals surface area contributed by atoms with Crippen LogP contribution in [0.1, 0.15) is 50.3 Å². The summed E-state index contributed by atoms with van der Waals surface area (Å²) in [6, 6.07) is 2.10. The molecule has 98 valence electrons. The van der Waals surface area contributed by atoms with Crippen LogP contribution in [0.25, 0.3) is 0 Å². The summed E-state index contributed by atoms with van der Waals surface area (Å²) >= 11 is 11.1. The number of hydrogen-bond donors (Lipinski definition) is 1. The summed E-state index contributed by atoms with van der Waals surface area (Å²) in [7, 11) is 0. The fraction of sp³-hybridized carbons (Fsp3) is 0.692. The van der Waals surface area contributed by atoms with Gasteiger partial charge < -0.3 is 5.32 Å². The predicted octanol–water partition coefficient (Wildman–Crippen LogP) is 5.61. The van der Waals surface area contributed by atoms with Gasteiger partial charge >= 0.3 is 0 Å². The standard InChI is InChI=1S/C13H21BrClNS/c1-2-3-4-5-6-7-8-16-10-11-9-12(14)13(15)17-11/h9,16H,2-8,10H2,1H3. The van der Waals surface area contributed by atoms with Crippen molar-refractivity contribution in [2.75, 3.05) is 6.54 Å². The molecule has 1 aromatic rings. The first kappa shape index (κ1) is 15.5. The molecule has 0 aliphatic carbocycles. The highest BCUT2D eigenvalue weighted by atomic mass is 79.9. The van der Waals surface area contributed by atoms with Crippen LogP contribution in [0.3, 0.4) is 0 Å². The quantitative estimate of drug-likeness (QED) is 0.577. The Labute approximate surface area is 122 Å². The Morgan fingerprint density at radius 3 is 2.59 bits per heavy atom. The zero-order chi connectivity index (χ0) is 12.5. The number of hydrogen-bond acceptors (Lipinski definition) is 2. The van der Waals surface area contributed by atoms with Crippen LogP contribution in [0.15, 0.2) is 10.5 Å². The van der Waals surface area contributed by atoms with Gasteiger partial charge in [0.1, 0.15) is 4.34 Å². The van der Waals surface area contributed by atoms with E-state index in [1.807, 2.05) is 0 Å². The van der Waals surface area contributed by atoms with Gasteiger partial charge in [0.15, 0.2) is 0 Å². The van der Waals surface area contributed by atoms with Crippen LogP contribution in [0.4, 0.5) is 0 Å². The second-order valence-electron chi connectivity index (χ2n) is 4.28. The van der Waals surface area contributed by atoms with Crippen LogP contribution in [0.2, 0.25) is 4.34 Å². The van der Waals surface area contributed by atoms with Crippen molar-refractivity contribution in [1.29, 1.82) is 0 Å². The van der Waals surface area contributed by atoms with Gasteiger partial charge in [-0.15, -0.1) is 11.3 Å². The Hall–Kier alpha value is 0.430. The minimum absolute atomic E-state index is 0.848. The van der Waals surface area contributed by atoms with Crippen LogP contribution in [0, 0.1) is 0 Å². The van der Waals surface area contributed by atoms with E-state index in [1.165, 1.54) is 43.4 Å². The lowest BCUT2D eigenvalue weighted by Gasteiger charge is -2.03. The summed E-state index contributed by atoms with van der Waals surface area (Å²) in [5.41, 5.74) is 0. The Morgan fingerprint density at radius 2 is 1.94 bits per heavy atom. The number of thiophene rings is 1. The average Bonchev–Trinajstić information content (AvgIpc) is 2.62. The van der Waals surface area contributed by atoms with Gasteiger partial charge in [-0.05, 0) is 35.0 Å². The third-order valence-corrected chi connectivity index (χ3v) is 5.18. The smallest absolute Gasteiger partial charge is 0.107 e. The highest BCUT2D eigenvalue weighted by Gasteiger charge is 2.03. The maximum Gasteiger partial charge on any atom is 0.107 e. The molecule has 17 heavy (non-hydrogen) atoms. The Balaban J connectivity index is 1.97. The van der Waals surface area contributed by atoms with Crippen molar-refractivity contribution in [2.45, 2.75) is 52.0 Å². The van der Waals surface area contributed by atoms with E-state index in [9.17, 15) is 0 Å². The van der Waals surface area contributed by atoms with Crippen molar-refractivity contribution in [3.8, 4) is 0 Å². The molecule has 0 atom stereocenters. The van der Waals surface area contributed by atoms with Gasteiger partial charge in [0.25, 0.3) is 0 Å². The molecule has 1 N–H and O–H groups in total. The monoisotopic (exact) mass is 337 g/mol. The van der Waals surface area contributed by atoms with Crippen molar-refractivity contribution in [3.63, 3.8) is 0 Å². The molecule has 0 aliphatic heterocycles. The first-order valence-corrected chi connectivity index (χ1v) is 8.37. The van der Waals surface area contributed by atoms with E-state index in [0.717, 1.165) is 21.9 Å². The summed E-state index contributed by atoms with van der Waals surface area (Å²) in [5.74, 6) is 0. The van der Waals surface area contributed by atoms with E-state index in [2.05, 4.69) is 34.2 Å². The van der Waals surface area contributed by atoms with E-state index in [1.54, 1.807) is 11.3 Å². The SMILES string of the molecule is CCCCCCCCNCc1cc(Br)c(Cl)s1. The number of halogens is 2. The molecule has 0 spiro atoms. The van der Waals surface area contributed by atoms with Gasteiger partial charge in [0, 0.05) is 15.9 Å². The lowest BCUT2D eigenvalue weighted by Crippen LogP contribution is -2.13. The van der Waals surface area contributed by atoms with E-state index >= 15 is 0 Å². The van der Waals surface area contributed by atoms with Gasteiger partial charge in [-0.3, -0.25) is 0 Å². The van der Waals surface area contributed by atoms with Crippen LogP contribution < -0.4 is 5.32 Å². The van der Waals surface area contributed by atoms with E-state index < -0.39 is 0 Å². The maximum absolute atomic E-state index is 5.98. The predicted molar refractivity (Wildman–Crippen MR) is 82.1 cm³/mol. The third kappa shape index (κ3) is 6.80. The molecule has 0 aromatic carbocycles. The summed E-state index contributed by atoms with van der Waals surface area (Å²) in [6.07, 6.45) is 8.11. The molecule has 4 heteroatoms. The molecular formula is C13H21BrClNS. The average molecular weight is 339 g/mol. The Bertz CT molecular complexity index is 295. The molecule has 1 aromatic heterocycles. The van der Waals surface area contributed by atoms with Crippen molar-refractivity contribution in [2.24, 2.45) is 0 Å². The van der Waals surface area contributed by atoms with E-state index in [0.29, 0.717) is 0 Å². The van der Waals surface area contributed by atoms with E-state index in [4.69, 9.17) is 11.6 Å². The third-order valence-electron chi connectivity index (χ3n) is 2.70. The number of nitrogens with one attached hydrogen (secondary N) is 1. The fourth-order valence-corrected chi connectivity index (χ4v) is 3.48. The second-order valence-corrected chi connectivity index (χ2v) is 6.87. The van der Waals surface area contributed by atoms with Crippen molar-refractivity contribution in [3.05, 3.63) is 19.8 Å². The highest BCUT2D eigenvalue weighted by Crippen LogP contribution is 2.31. The topological polar surface area (TPSA) is 12.0 Å². The van der Waals surface area contributed by atoms with Crippen LogP contribution in [0.5, 0.6) is 0 Å². The minimum Gasteiger partial charge on any atom is -0.312 e. The van der Waals surface area contributed by atoms with Gasteiger partial charge in [0.05, 0.1) is 0 Å². The van der Waals surface area contributed by atoms with Crippen LogP contribution in [-0.4, -0.2) is 6.54 Å². The first-order chi connectivity index (χ1) is 8.24. The zero-order valence-electron chi connectivity index (χ0n) is 10.4. The highest BCUT2D eigenvalue weighted by molar-refractivity contribution is 9.10. The molecule has 0 saturated heterocycles. The summed E-state index contributed by atoms with van der Waals surface area (Å²) < 4.78 is 1.86. The molecule has 0 amide bonds. The molecule has 0 saturated carbocycles. The van der Waals surface area contributed by atoms with Crippen molar-refractivity contribution >= 4 is 38.9 Å². The maximum atomic E-state index is 5.98. The van der Waals surface area contributed by atoms with Crippen molar-refractivity contribution in [1.82, 2.24) is 5.32 Å². The normalized spacial score (nSPS) is 11.0. The summed E-state index contributed by atoms with van der Waals surface area (Å²) in [4.78, 5) is 1.30. The first-order valence-electron chi connectivity index (χ1n) is 6.38. The molecule has 0 aliphatic rings. The number of rotatable bonds is 9. The zero-order valence-corrected chi connectivity index (χ0v) is 13.6. The largest absolute Gasteiger partial charge is 0.312 e. The number of unbranched alkanes of at least 4 members (excludes halogenated alkanes) is 5. The van der Waals surface area contributed by atoms with Gasteiger partial charge in [-0.25, -0.2) is 0 Å². The molecule has 1 rings (SSSR count). The molecule has 0 radical (unpaired) electrons. The molecule has 1 heterocycles. The molecule has 1 nitrogen and oxygen atoms in total. The molecule has 0 fully saturated rings. The van der Waals surface area contributed by atoms with Gasteiger partial charge in [-0.2, -0.15) is 0 Å². The lowest BCUT2D eigenvalue weighted by molar-refractivity contribution is 0.573. The second kappa shape index (κ2) is 9.37. The molecule has 0 unspecified atom stereocenters. The van der Waals surface area contributed by atoms with Crippen LogP contribution in [-0.2, 0) is 6.54 Å². The summed E-state index contributed by atoms with van der Waals surface area (Å²) in [5, 5.41) is 3.46. The Kier molecular flexibility index (Phi) is 8.54. The molecule has 0 bridgehead atoms. The van der Waals surface area contributed by atoms with Crippen molar-refractivity contribution < 1.29 is 0 Å². The minimum atomic E-state index is 0.848. The molecular weight excluding hydrogens is 318 g/mol. The van der Waals surface area contributed by atoms with Gasteiger partial charge in [-0.1, -0.05) is 50.6 Å². The van der Waals surface area contributed by atoms with E-state index in [-0.39, 0.29) is 0 Å². The summed E-state index contributed by atoms with van der Waals surface area (Å²) in [6.45, 7) is 4.30.